The van der Waals surface area contributed by atoms with E-state index in [1.165, 1.54) is 12.7 Å². The Hall–Kier alpha value is -3.16. The van der Waals surface area contributed by atoms with E-state index in [9.17, 15) is 9.59 Å². The van der Waals surface area contributed by atoms with Gasteiger partial charge < -0.3 is 20.1 Å². The van der Waals surface area contributed by atoms with E-state index in [0.29, 0.717) is 37.2 Å². The van der Waals surface area contributed by atoms with Crippen LogP contribution in [0.15, 0.2) is 24.3 Å². The van der Waals surface area contributed by atoms with Crippen LogP contribution in [-0.2, 0) is 9.53 Å². The second-order valence-corrected chi connectivity index (χ2v) is 8.23. The van der Waals surface area contributed by atoms with E-state index in [4.69, 9.17) is 15.2 Å². The zero-order valence-corrected chi connectivity index (χ0v) is 18.0. The molecule has 0 saturated heterocycles. The fourth-order valence-electron chi connectivity index (χ4n) is 4.53. The van der Waals surface area contributed by atoms with Crippen molar-refractivity contribution in [3.63, 3.8) is 0 Å². The molecule has 1 aliphatic heterocycles. The van der Waals surface area contributed by atoms with E-state index < -0.39 is 0 Å². The van der Waals surface area contributed by atoms with Crippen LogP contribution < -0.4 is 15.4 Å². The highest BCUT2D eigenvalue weighted by Crippen LogP contribution is 2.38. The van der Waals surface area contributed by atoms with Crippen LogP contribution in [0.2, 0.25) is 0 Å². The average molecular weight is 425 g/mol. The van der Waals surface area contributed by atoms with Crippen LogP contribution in [0.1, 0.15) is 59.8 Å². The minimum Gasteiger partial charge on any atom is -0.475 e. The van der Waals surface area contributed by atoms with Crippen molar-refractivity contribution in [2.75, 3.05) is 30.9 Å². The van der Waals surface area contributed by atoms with Crippen LogP contribution in [-0.4, -0.2) is 42.1 Å². The minimum atomic E-state index is -0.249. The number of nitrogen functional groups attached to an aromatic ring is 1. The lowest BCUT2D eigenvalue weighted by molar-refractivity contribution is -0.142. The molecule has 0 radical (unpaired) electrons. The molecule has 0 spiro atoms. The van der Waals surface area contributed by atoms with Gasteiger partial charge in [-0.25, -0.2) is 4.98 Å². The molecular formula is C23H28N4O4. The molecule has 164 valence electrons. The first-order valence-electron chi connectivity index (χ1n) is 10.7. The van der Waals surface area contributed by atoms with Gasteiger partial charge in [-0.05, 0) is 62.1 Å². The number of carbonyl (C=O) groups excluding carboxylic acids is 2. The topological polar surface area (TPSA) is 108 Å². The number of esters is 1. The Kier molecular flexibility index (Phi) is 6.06. The van der Waals surface area contributed by atoms with E-state index in [0.717, 1.165) is 31.4 Å². The maximum atomic E-state index is 13.2. The average Bonchev–Trinajstić information content (AvgIpc) is 2.93. The number of benzene rings is 1. The van der Waals surface area contributed by atoms with Crippen LogP contribution in [0, 0.1) is 12.8 Å². The van der Waals surface area contributed by atoms with Crippen molar-refractivity contribution in [3.8, 4) is 5.88 Å². The molecule has 1 saturated carbocycles. The third-order valence-electron chi connectivity index (χ3n) is 6.23. The molecule has 2 aromatic rings. The number of methoxy groups -OCH3 is 1. The number of carbonyl (C=O) groups is 2. The van der Waals surface area contributed by atoms with Gasteiger partial charge in [0.1, 0.15) is 23.8 Å². The van der Waals surface area contributed by atoms with Crippen LogP contribution in [0.4, 0.5) is 11.5 Å². The normalized spacial score (nSPS) is 21.1. The fourth-order valence-corrected chi connectivity index (χ4v) is 4.53. The van der Waals surface area contributed by atoms with Crippen molar-refractivity contribution < 1.29 is 19.1 Å². The third-order valence-corrected chi connectivity index (χ3v) is 6.23. The largest absolute Gasteiger partial charge is 0.475 e. The van der Waals surface area contributed by atoms with Gasteiger partial charge in [0, 0.05) is 12.1 Å². The molecule has 1 aliphatic carbocycles. The summed E-state index contributed by atoms with van der Waals surface area (Å²) in [5, 5.41) is 0. The van der Waals surface area contributed by atoms with Crippen molar-refractivity contribution in [2.24, 2.45) is 5.92 Å². The van der Waals surface area contributed by atoms with Gasteiger partial charge in [0.15, 0.2) is 0 Å². The maximum absolute atomic E-state index is 13.2. The van der Waals surface area contributed by atoms with Gasteiger partial charge in [0.2, 0.25) is 5.88 Å². The summed E-state index contributed by atoms with van der Waals surface area (Å²) in [5.41, 5.74) is 8.28. The molecular weight excluding hydrogens is 396 g/mol. The number of aryl methyl sites for hydroxylation is 1. The number of rotatable bonds is 4. The van der Waals surface area contributed by atoms with Gasteiger partial charge in [-0.15, -0.1) is 0 Å². The molecule has 2 aliphatic rings. The quantitative estimate of drug-likeness (QED) is 0.751. The summed E-state index contributed by atoms with van der Waals surface area (Å²) in [7, 11) is 1.44. The molecule has 0 atom stereocenters. The van der Waals surface area contributed by atoms with Crippen LogP contribution in [0.5, 0.6) is 5.88 Å². The summed E-state index contributed by atoms with van der Waals surface area (Å²) >= 11 is 0. The maximum Gasteiger partial charge on any atom is 0.305 e. The van der Waals surface area contributed by atoms with Crippen LogP contribution in [0.25, 0.3) is 0 Å². The Balaban J connectivity index is 1.46. The summed E-state index contributed by atoms with van der Waals surface area (Å²) in [6.45, 7) is 2.46. The number of nitrogens with zero attached hydrogens (tertiary/aromatic N) is 3. The lowest BCUT2D eigenvalue weighted by Gasteiger charge is -2.28. The van der Waals surface area contributed by atoms with E-state index in [2.05, 4.69) is 22.1 Å². The van der Waals surface area contributed by atoms with Crippen molar-refractivity contribution in [2.45, 2.75) is 44.9 Å². The molecule has 1 fully saturated rings. The molecule has 0 unspecified atom stereocenters. The molecule has 31 heavy (non-hydrogen) atoms. The second kappa shape index (κ2) is 8.91. The Morgan fingerprint density at radius 1 is 1.19 bits per heavy atom. The summed E-state index contributed by atoms with van der Waals surface area (Å²) in [4.78, 5) is 34.7. The fraction of sp³-hybridized carbons (Fsp3) is 0.478. The van der Waals surface area contributed by atoms with Gasteiger partial charge >= 0.3 is 5.97 Å². The molecule has 1 amide bonds. The predicted octanol–water partition coefficient (Wildman–Crippen LogP) is 3.24. The highest BCUT2D eigenvalue weighted by Gasteiger charge is 2.30. The highest BCUT2D eigenvalue weighted by atomic mass is 16.5. The van der Waals surface area contributed by atoms with Crippen molar-refractivity contribution >= 4 is 23.4 Å². The summed E-state index contributed by atoms with van der Waals surface area (Å²) in [5.74, 6) is 1.37. The Labute approximate surface area is 181 Å². The van der Waals surface area contributed by atoms with Gasteiger partial charge in [-0.1, -0.05) is 12.1 Å². The monoisotopic (exact) mass is 424 g/mol. The second-order valence-electron chi connectivity index (χ2n) is 8.23. The molecule has 1 aromatic heterocycles. The molecule has 8 heteroatoms. The standard InChI is InChI=1S/C23H28N4O4/c1-14-25-21(24)20-22(26-14)31-12-11-27(23(20)29)18-9-7-17(8-10-18)16-5-3-15(4-6-16)13-19(28)30-2/h7-10,15-16H,3-6,11-13H2,1-2H3,(H2,24,25,26). The van der Waals surface area contributed by atoms with Crippen LogP contribution >= 0.6 is 0 Å². The number of amides is 1. The molecule has 1 aromatic carbocycles. The van der Waals surface area contributed by atoms with Gasteiger partial charge in [-0.3, -0.25) is 9.59 Å². The summed E-state index contributed by atoms with van der Waals surface area (Å²) in [6.07, 6.45) is 4.67. The number of hydrogen-bond acceptors (Lipinski definition) is 7. The zero-order valence-electron chi connectivity index (χ0n) is 18.0. The predicted molar refractivity (Wildman–Crippen MR) is 116 cm³/mol. The molecule has 8 nitrogen and oxygen atoms in total. The minimum absolute atomic E-state index is 0.123. The summed E-state index contributed by atoms with van der Waals surface area (Å²) in [6, 6.07) is 8.14. The van der Waals surface area contributed by atoms with Gasteiger partial charge in [0.25, 0.3) is 5.91 Å². The van der Waals surface area contributed by atoms with E-state index in [1.807, 2.05) is 12.1 Å². The van der Waals surface area contributed by atoms with Crippen LogP contribution in [0.3, 0.4) is 0 Å². The number of nitrogens with two attached hydrogens (primary N) is 1. The Morgan fingerprint density at radius 3 is 2.58 bits per heavy atom. The lowest BCUT2D eigenvalue weighted by Crippen LogP contribution is -2.32. The number of ether oxygens (including phenoxy) is 2. The third kappa shape index (κ3) is 4.47. The molecule has 0 bridgehead atoms. The number of fused-ring (bicyclic) bond motifs is 1. The van der Waals surface area contributed by atoms with Gasteiger partial charge in [0.05, 0.1) is 13.7 Å². The van der Waals surface area contributed by atoms with E-state index in [-0.39, 0.29) is 29.1 Å². The first kappa shape index (κ1) is 21.1. The highest BCUT2D eigenvalue weighted by molar-refractivity contribution is 6.10. The van der Waals surface area contributed by atoms with E-state index >= 15 is 0 Å². The molecule has 2 heterocycles. The first-order valence-corrected chi connectivity index (χ1v) is 10.7. The SMILES string of the molecule is COC(=O)CC1CCC(c2ccc(N3CCOc4nc(C)nc(N)c4C3=O)cc2)CC1. The van der Waals surface area contributed by atoms with Crippen molar-refractivity contribution in [1.29, 1.82) is 0 Å². The number of aromatic nitrogens is 2. The number of hydrogen-bond donors (Lipinski definition) is 1. The first-order chi connectivity index (χ1) is 15.0. The van der Waals surface area contributed by atoms with Crippen molar-refractivity contribution in [1.82, 2.24) is 9.97 Å². The molecule has 2 N–H and O–H groups in total. The zero-order chi connectivity index (χ0) is 22.0. The smallest absolute Gasteiger partial charge is 0.305 e. The Bertz CT molecular complexity index is 968. The molecule has 4 rings (SSSR count). The van der Waals surface area contributed by atoms with Gasteiger partial charge in [-0.2, -0.15) is 4.98 Å². The number of anilines is 2. The van der Waals surface area contributed by atoms with E-state index in [1.54, 1.807) is 11.8 Å². The summed E-state index contributed by atoms with van der Waals surface area (Å²) < 4.78 is 10.5. The van der Waals surface area contributed by atoms with Crippen molar-refractivity contribution in [3.05, 3.63) is 41.2 Å². The lowest BCUT2D eigenvalue weighted by atomic mass is 9.77. The Morgan fingerprint density at radius 2 is 1.90 bits per heavy atom.